The molecule has 17 heavy (non-hydrogen) atoms. The molecule has 0 amide bonds. The van der Waals surface area contributed by atoms with Crippen LogP contribution >= 0.6 is 11.8 Å². The van der Waals surface area contributed by atoms with Gasteiger partial charge < -0.3 is 9.84 Å². The van der Waals surface area contributed by atoms with Crippen LogP contribution in [0.5, 0.6) is 0 Å². The Labute approximate surface area is 104 Å². The molecule has 0 bridgehead atoms. The first kappa shape index (κ1) is 12.4. The van der Waals surface area contributed by atoms with E-state index in [0.717, 1.165) is 23.6 Å². The molecule has 2 heterocycles. The van der Waals surface area contributed by atoms with E-state index < -0.39 is 5.97 Å². The Kier molecular flexibility index (Phi) is 4.02. The van der Waals surface area contributed by atoms with Crippen LogP contribution in [0, 0.1) is 0 Å². The van der Waals surface area contributed by atoms with Crippen molar-refractivity contribution in [3.8, 4) is 0 Å². The maximum Gasteiger partial charge on any atom is 0.335 e. The number of carbonyl (C=O) groups is 1. The van der Waals surface area contributed by atoms with E-state index in [1.54, 1.807) is 17.8 Å². The SMILES string of the molecule is CC1CCC(CSc2cc(C(=O)O)ccn2)O1. The number of carboxylic acid groups (broad SMARTS) is 1. The van der Waals surface area contributed by atoms with E-state index in [-0.39, 0.29) is 11.7 Å². The summed E-state index contributed by atoms with van der Waals surface area (Å²) in [4.78, 5) is 14.9. The molecule has 0 aromatic carbocycles. The van der Waals surface area contributed by atoms with E-state index in [0.29, 0.717) is 6.10 Å². The molecule has 1 aliphatic rings. The van der Waals surface area contributed by atoms with Crippen LogP contribution in [0.25, 0.3) is 0 Å². The standard InChI is InChI=1S/C12H15NO3S/c1-8-2-3-10(16-8)7-17-11-6-9(12(14)15)4-5-13-11/h4-6,8,10H,2-3,7H2,1H3,(H,14,15). The second-order valence-corrected chi connectivity index (χ2v) is 5.19. The molecule has 1 aromatic rings. The number of ether oxygens (including phenoxy) is 1. The summed E-state index contributed by atoms with van der Waals surface area (Å²) < 4.78 is 5.70. The van der Waals surface area contributed by atoms with Gasteiger partial charge in [-0.3, -0.25) is 0 Å². The van der Waals surface area contributed by atoms with Crippen LogP contribution in [-0.4, -0.2) is 34.0 Å². The summed E-state index contributed by atoms with van der Waals surface area (Å²) in [7, 11) is 0. The van der Waals surface area contributed by atoms with Crippen LogP contribution < -0.4 is 0 Å². The van der Waals surface area contributed by atoms with Gasteiger partial charge in [0.15, 0.2) is 0 Å². The summed E-state index contributed by atoms with van der Waals surface area (Å²) in [6, 6.07) is 3.10. The van der Waals surface area contributed by atoms with E-state index in [4.69, 9.17) is 9.84 Å². The summed E-state index contributed by atoms with van der Waals surface area (Å²) in [5, 5.41) is 9.61. The largest absolute Gasteiger partial charge is 0.478 e. The predicted octanol–water partition coefficient (Wildman–Crippen LogP) is 2.44. The summed E-state index contributed by atoms with van der Waals surface area (Å²) in [6.07, 6.45) is 4.33. The van der Waals surface area contributed by atoms with Gasteiger partial charge in [0.25, 0.3) is 0 Å². The fraction of sp³-hybridized carbons (Fsp3) is 0.500. The van der Waals surface area contributed by atoms with Gasteiger partial charge in [0.1, 0.15) is 0 Å². The minimum Gasteiger partial charge on any atom is -0.478 e. The maximum absolute atomic E-state index is 10.8. The van der Waals surface area contributed by atoms with Crippen LogP contribution in [0.15, 0.2) is 23.4 Å². The highest BCUT2D eigenvalue weighted by atomic mass is 32.2. The van der Waals surface area contributed by atoms with Gasteiger partial charge in [-0.2, -0.15) is 0 Å². The summed E-state index contributed by atoms with van der Waals surface area (Å²) in [5.74, 6) is -0.0829. The Morgan fingerprint density at radius 1 is 1.65 bits per heavy atom. The Hall–Kier alpha value is -1.07. The molecule has 2 unspecified atom stereocenters. The van der Waals surface area contributed by atoms with Gasteiger partial charge in [-0.25, -0.2) is 9.78 Å². The smallest absolute Gasteiger partial charge is 0.335 e. The Morgan fingerprint density at radius 2 is 2.47 bits per heavy atom. The molecule has 1 saturated heterocycles. The molecule has 1 N–H and O–H groups in total. The topological polar surface area (TPSA) is 59.4 Å². The van der Waals surface area contributed by atoms with Crippen LogP contribution in [-0.2, 0) is 4.74 Å². The molecule has 1 fully saturated rings. The van der Waals surface area contributed by atoms with Gasteiger partial charge in [-0.15, -0.1) is 11.8 Å². The zero-order valence-electron chi connectivity index (χ0n) is 9.63. The average Bonchev–Trinajstić information content (AvgIpc) is 2.73. The summed E-state index contributed by atoms with van der Waals surface area (Å²) >= 11 is 1.55. The summed E-state index contributed by atoms with van der Waals surface area (Å²) in [6.45, 7) is 2.08. The monoisotopic (exact) mass is 253 g/mol. The number of hydrogen-bond acceptors (Lipinski definition) is 4. The third-order valence-corrected chi connectivity index (χ3v) is 3.78. The van der Waals surface area contributed by atoms with Crippen molar-refractivity contribution < 1.29 is 14.6 Å². The highest BCUT2D eigenvalue weighted by molar-refractivity contribution is 7.99. The zero-order valence-corrected chi connectivity index (χ0v) is 10.4. The molecule has 0 saturated carbocycles. The van der Waals surface area contributed by atoms with Crippen LogP contribution in [0.2, 0.25) is 0 Å². The first-order valence-electron chi connectivity index (χ1n) is 5.63. The molecule has 0 spiro atoms. The second-order valence-electron chi connectivity index (χ2n) is 4.14. The fourth-order valence-corrected chi connectivity index (χ4v) is 2.76. The van der Waals surface area contributed by atoms with E-state index in [1.165, 1.54) is 12.3 Å². The molecule has 1 aliphatic heterocycles. The van der Waals surface area contributed by atoms with Gasteiger partial charge >= 0.3 is 5.97 Å². The molecule has 0 aliphatic carbocycles. The quantitative estimate of drug-likeness (QED) is 0.835. The first-order valence-corrected chi connectivity index (χ1v) is 6.61. The Bertz CT molecular complexity index is 410. The van der Waals surface area contributed by atoms with Crippen molar-refractivity contribution >= 4 is 17.7 Å². The minimum absolute atomic E-state index is 0.269. The van der Waals surface area contributed by atoms with Gasteiger partial charge in [0.05, 0.1) is 22.8 Å². The van der Waals surface area contributed by atoms with Gasteiger partial charge in [0, 0.05) is 11.9 Å². The van der Waals surface area contributed by atoms with E-state index in [2.05, 4.69) is 11.9 Å². The molecule has 2 atom stereocenters. The molecule has 4 nitrogen and oxygen atoms in total. The fourth-order valence-electron chi connectivity index (χ4n) is 1.81. The average molecular weight is 253 g/mol. The number of aromatic carboxylic acids is 1. The molecule has 5 heteroatoms. The van der Waals surface area contributed by atoms with Gasteiger partial charge in [-0.05, 0) is 31.9 Å². The normalized spacial score (nSPS) is 23.8. The van der Waals surface area contributed by atoms with Crippen molar-refractivity contribution in [1.29, 1.82) is 0 Å². The number of pyridine rings is 1. The highest BCUT2D eigenvalue weighted by Gasteiger charge is 2.21. The van der Waals surface area contributed by atoms with Crippen LogP contribution in [0.4, 0.5) is 0 Å². The number of thioether (sulfide) groups is 1. The predicted molar refractivity (Wildman–Crippen MR) is 65.5 cm³/mol. The zero-order chi connectivity index (χ0) is 12.3. The van der Waals surface area contributed by atoms with E-state index >= 15 is 0 Å². The minimum atomic E-state index is -0.917. The number of carboxylic acids is 1. The van der Waals surface area contributed by atoms with Crippen molar-refractivity contribution in [2.24, 2.45) is 0 Å². The molecule has 2 rings (SSSR count). The Morgan fingerprint density at radius 3 is 3.12 bits per heavy atom. The third kappa shape index (κ3) is 3.44. The van der Waals surface area contributed by atoms with Crippen molar-refractivity contribution in [2.45, 2.75) is 37.0 Å². The molecular formula is C12H15NO3S. The molecular weight excluding hydrogens is 238 g/mol. The van der Waals surface area contributed by atoms with Crippen molar-refractivity contribution in [3.05, 3.63) is 23.9 Å². The number of hydrogen-bond donors (Lipinski definition) is 1. The summed E-state index contributed by atoms with van der Waals surface area (Å²) in [5.41, 5.74) is 0.281. The van der Waals surface area contributed by atoms with Crippen LogP contribution in [0.1, 0.15) is 30.1 Å². The van der Waals surface area contributed by atoms with Crippen molar-refractivity contribution in [1.82, 2.24) is 4.98 Å². The lowest BCUT2D eigenvalue weighted by Crippen LogP contribution is -2.11. The van der Waals surface area contributed by atoms with E-state index in [9.17, 15) is 4.79 Å². The third-order valence-electron chi connectivity index (χ3n) is 2.72. The van der Waals surface area contributed by atoms with Gasteiger partial charge in [0.2, 0.25) is 0 Å². The number of nitrogens with zero attached hydrogens (tertiary/aromatic N) is 1. The van der Waals surface area contributed by atoms with Crippen molar-refractivity contribution in [2.75, 3.05) is 5.75 Å². The highest BCUT2D eigenvalue weighted by Crippen LogP contribution is 2.25. The van der Waals surface area contributed by atoms with E-state index in [1.807, 2.05) is 0 Å². The second kappa shape index (κ2) is 5.51. The molecule has 92 valence electrons. The van der Waals surface area contributed by atoms with Crippen LogP contribution in [0.3, 0.4) is 0 Å². The number of rotatable bonds is 4. The molecule has 1 aromatic heterocycles. The molecule has 0 radical (unpaired) electrons. The lowest BCUT2D eigenvalue weighted by atomic mass is 10.2. The van der Waals surface area contributed by atoms with Crippen molar-refractivity contribution in [3.63, 3.8) is 0 Å². The lowest BCUT2D eigenvalue weighted by Gasteiger charge is -2.10. The Balaban J connectivity index is 1.90. The number of aromatic nitrogens is 1. The van der Waals surface area contributed by atoms with Gasteiger partial charge in [-0.1, -0.05) is 0 Å². The lowest BCUT2D eigenvalue weighted by molar-refractivity contribution is 0.0694. The first-order chi connectivity index (χ1) is 8.15. The maximum atomic E-state index is 10.8.